The number of fused-ring (bicyclic) bond motifs is 1. The summed E-state index contributed by atoms with van der Waals surface area (Å²) in [6.45, 7) is 0. The van der Waals surface area contributed by atoms with Crippen molar-refractivity contribution in [2.24, 2.45) is 7.05 Å². The van der Waals surface area contributed by atoms with Crippen LogP contribution in [0.25, 0.3) is 11.5 Å². The molecule has 0 bridgehead atoms. The first-order valence-corrected chi connectivity index (χ1v) is 6.67. The van der Waals surface area contributed by atoms with Crippen LogP contribution in [-0.4, -0.2) is 19.7 Å². The van der Waals surface area contributed by atoms with E-state index in [0.29, 0.717) is 11.0 Å². The van der Waals surface area contributed by atoms with Gasteiger partial charge in [0.25, 0.3) is 0 Å². The van der Waals surface area contributed by atoms with Gasteiger partial charge in [0.1, 0.15) is 10.8 Å². The van der Waals surface area contributed by atoms with E-state index in [4.69, 9.17) is 11.6 Å². The van der Waals surface area contributed by atoms with E-state index in [2.05, 4.69) is 15.1 Å². The molecule has 0 aliphatic heterocycles. The van der Waals surface area contributed by atoms with E-state index >= 15 is 0 Å². The Hall–Kier alpha value is -1.42. The molecule has 2 aromatic rings. The Morgan fingerprint density at radius 2 is 2.00 bits per heavy atom. The van der Waals surface area contributed by atoms with E-state index in [0.717, 1.165) is 29.8 Å². The summed E-state index contributed by atoms with van der Waals surface area (Å²) < 4.78 is 1.77. The number of rotatable bonds is 1. The second-order valence-electron chi connectivity index (χ2n) is 4.66. The largest absolute Gasteiger partial charge is 0.265 e. The minimum Gasteiger partial charge on any atom is -0.265 e. The molecule has 0 N–H and O–H groups in total. The van der Waals surface area contributed by atoms with Crippen molar-refractivity contribution in [3.8, 4) is 11.5 Å². The summed E-state index contributed by atoms with van der Waals surface area (Å²) in [7, 11) is 1.89. The molecule has 0 saturated heterocycles. The highest BCUT2D eigenvalue weighted by Crippen LogP contribution is 2.27. The van der Waals surface area contributed by atoms with Gasteiger partial charge < -0.3 is 0 Å². The summed E-state index contributed by atoms with van der Waals surface area (Å²) in [5.74, 6) is 0.681. The van der Waals surface area contributed by atoms with Crippen LogP contribution in [0.1, 0.15) is 30.5 Å². The van der Waals surface area contributed by atoms with Gasteiger partial charge >= 0.3 is 0 Å². The molecule has 18 heavy (non-hydrogen) atoms. The molecule has 3 rings (SSSR count). The molecule has 0 unspecified atom stereocenters. The lowest BCUT2D eigenvalue weighted by Crippen LogP contribution is -2.04. The van der Waals surface area contributed by atoms with Crippen molar-refractivity contribution in [3.05, 3.63) is 28.7 Å². The first-order valence-electron chi connectivity index (χ1n) is 6.29. The van der Waals surface area contributed by atoms with Gasteiger partial charge in [-0.3, -0.25) is 4.68 Å². The van der Waals surface area contributed by atoms with Crippen LogP contribution < -0.4 is 0 Å². The van der Waals surface area contributed by atoms with Crippen molar-refractivity contribution in [3.63, 3.8) is 0 Å². The van der Waals surface area contributed by atoms with E-state index in [1.165, 1.54) is 19.3 Å². The number of hydrogen-bond donors (Lipinski definition) is 0. The molecule has 0 amide bonds. The topological polar surface area (TPSA) is 43.6 Å². The summed E-state index contributed by atoms with van der Waals surface area (Å²) in [5, 5.41) is 4.76. The number of aryl methyl sites for hydroxylation is 2. The van der Waals surface area contributed by atoms with Gasteiger partial charge in [-0.25, -0.2) is 9.97 Å². The van der Waals surface area contributed by atoms with Crippen molar-refractivity contribution in [2.75, 3.05) is 0 Å². The maximum atomic E-state index is 6.31. The zero-order valence-corrected chi connectivity index (χ0v) is 11.1. The molecule has 2 aromatic heterocycles. The van der Waals surface area contributed by atoms with Crippen LogP contribution in [0.2, 0.25) is 5.15 Å². The number of aromatic nitrogens is 4. The third-order valence-corrected chi connectivity index (χ3v) is 3.75. The number of halogens is 1. The molecule has 0 fully saturated rings. The Bertz CT molecular complexity index is 576. The fraction of sp³-hybridized carbons (Fsp3) is 0.462. The highest BCUT2D eigenvalue weighted by atomic mass is 35.5. The lowest BCUT2D eigenvalue weighted by Gasteiger charge is -2.09. The average Bonchev–Trinajstić information content (AvgIpc) is 2.63. The molecule has 4 nitrogen and oxygen atoms in total. The van der Waals surface area contributed by atoms with Crippen molar-refractivity contribution >= 4 is 11.6 Å². The Balaban J connectivity index is 2.11. The van der Waals surface area contributed by atoms with Gasteiger partial charge in [0.05, 0.1) is 0 Å². The Morgan fingerprint density at radius 3 is 2.78 bits per heavy atom. The normalized spacial score (nSPS) is 15.2. The predicted octanol–water partition coefficient (Wildman–Crippen LogP) is 2.80. The second kappa shape index (κ2) is 4.69. The Labute approximate surface area is 111 Å². The molecule has 2 heterocycles. The van der Waals surface area contributed by atoms with E-state index in [-0.39, 0.29) is 0 Å². The maximum Gasteiger partial charge on any atom is 0.179 e. The fourth-order valence-corrected chi connectivity index (χ4v) is 2.72. The van der Waals surface area contributed by atoms with Crippen molar-refractivity contribution in [1.82, 2.24) is 19.7 Å². The van der Waals surface area contributed by atoms with E-state index < -0.39 is 0 Å². The quantitative estimate of drug-likeness (QED) is 0.586. The second-order valence-corrected chi connectivity index (χ2v) is 5.02. The molecule has 1 aliphatic carbocycles. The molecule has 0 atom stereocenters. The highest BCUT2D eigenvalue weighted by molar-refractivity contribution is 6.30. The monoisotopic (exact) mass is 262 g/mol. The minimum atomic E-state index is 0.609. The van der Waals surface area contributed by atoms with E-state index in [1.807, 2.05) is 13.1 Å². The molecule has 0 spiro atoms. The van der Waals surface area contributed by atoms with Crippen LogP contribution in [-0.2, 0) is 19.9 Å². The molecule has 1 aliphatic rings. The smallest absolute Gasteiger partial charge is 0.179 e. The standard InChI is InChI=1S/C13H15ClN4/c1-18-11(7-8-15-18)13-16-10-6-4-2-3-5-9(10)12(14)17-13/h7-8H,2-6H2,1H3. The van der Waals surface area contributed by atoms with Crippen LogP contribution in [0, 0.1) is 0 Å². The van der Waals surface area contributed by atoms with E-state index in [9.17, 15) is 0 Å². The van der Waals surface area contributed by atoms with Gasteiger partial charge in [-0.2, -0.15) is 5.10 Å². The zero-order valence-electron chi connectivity index (χ0n) is 10.4. The molecule has 0 saturated carbocycles. The summed E-state index contributed by atoms with van der Waals surface area (Å²) >= 11 is 6.31. The van der Waals surface area contributed by atoms with Gasteiger partial charge in [0.15, 0.2) is 5.82 Å². The third kappa shape index (κ3) is 2.01. The summed E-state index contributed by atoms with van der Waals surface area (Å²) in [6, 6.07) is 1.91. The SMILES string of the molecule is Cn1nccc1-c1nc(Cl)c2c(n1)CCCCC2. The third-order valence-electron chi connectivity index (χ3n) is 3.43. The lowest BCUT2D eigenvalue weighted by molar-refractivity contribution is 0.708. The maximum absolute atomic E-state index is 6.31. The van der Waals surface area contributed by atoms with Gasteiger partial charge in [-0.15, -0.1) is 0 Å². The summed E-state index contributed by atoms with van der Waals surface area (Å²) in [4.78, 5) is 9.11. The predicted molar refractivity (Wildman–Crippen MR) is 70.5 cm³/mol. The van der Waals surface area contributed by atoms with Gasteiger partial charge in [-0.1, -0.05) is 18.0 Å². The van der Waals surface area contributed by atoms with Crippen LogP contribution in [0.5, 0.6) is 0 Å². The van der Waals surface area contributed by atoms with Gasteiger partial charge in [-0.05, 0) is 31.7 Å². The van der Waals surface area contributed by atoms with Crippen LogP contribution >= 0.6 is 11.6 Å². The number of nitrogens with zero attached hydrogens (tertiary/aromatic N) is 4. The Morgan fingerprint density at radius 1 is 1.17 bits per heavy atom. The van der Waals surface area contributed by atoms with E-state index in [1.54, 1.807) is 10.9 Å². The summed E-state index contributed by atoms with van der Waals surface area (Å²) in [6.07, 6.45) is 7.36. The van der Waals surface area contributed by atoms with Crippen LogP contribution in [0.4, 0.5) is 0 Å². The zero-order chi connectivity index (χ0) is 12.5. The molecule has 0 aromatic carbocycles. The molecule has 94 valence electrons. The summed E-state index contributed by atoms with van der Waals surface area (Å²) in [5.41, 5.74) is 3.16. The molecule has 5 heteroatoms. The van der Waals surface area contributed by atoms with Crippen molar-refractivity contribution in [1.29, 1.82) is 0 Å². The molecule has 0 radical (unpaired) electrons. The number of hydrogen-bond acceptors (Lipinski definition) is 3. The van der Waals surface area contributed by atoms with Crippen molar-refractivity contribution in [2.45, 2.75) is 32.1 Å². The molecular weight excluding hydrogens is 248 g/mol. The van der Waals surface area contributed by atoms with Gasteiger partial charge in [0, 0.05) is 24.5 Å². The van der Waals surface area contributed by atoms with Crippen molar-refractivity contribution < 1.29 is 0 Å². The molecular formula is C13H15ClN4. The average molecular weight is 263 g/mol. The first-order chi connectivity index (χ1) is 8.75. The Kier molecular flexibility index (Phi) is 3.04. The highest BCUT2D eigenvalue weighted by Gasteiger charge is 2.17. The minimum absolute atomic E-state index is 0.609. The first kappa shape index (κ1) is 11.7. The lowest BCUT2D eigenvalue weighted by atomic mass is 10.1. The van der Waals surface area contributed by atoms with Crippen LogP contribution in [0.15, 0.2) is 12.3 Å². The fourth-order valence-electron chi connectivity index (χ4n) is 2.43. The van der Waals surface area contributed by atoms with Gasteiger partial charge in [0.2, 0.25) is 0 Å². The van der Waals surface area contributed by atoms with Crippen LogP contribution in [0.3, 0.4) is 0 Å².